The van der Waals surface area contributed by atoms with Gasteiger partial charge in [-0.2, -0.15) is 0 Å². The molecular weight excluding hydrogens is 418 g/mol. The van der Waals surface area contributed by atoms with Crippen molar-refractivity contribution in [3.63, 3.8) is 0 Å². The summed E-state index contributed by atoms with van der Waals surface area (Å²) in [6, 6.07) is 14.6. The first-order valence-corrected chi connectivity index (χ1v) is 11.2. The molecular formula is C26H27N3O4. The number of imide groups is 1. The second-order valence-corrected chi connectivity index (χ2v) is 9.69. The van der Waals surface area contributed by atoms with Crippen LogP contribution in [0.15, 0.2) is 48.5 Å². The zero-order valence-corrected chi connectivity index (χ0v) is 19.3. The molecule has 2 aliphatic rings. The fourth-order valence-electron chi connectivity index (χ4n) is 4.84. The third-order valence-electron chi connectivity index (χ3n) is 6.32. The number of aromatic nitrogens is 1. The maximum Gasteiger partial charge on any atom is 0.338 e. The molecule has 7 heteroatoms. The van der Waals surface area contributed by atoms with E-state index in [-0.39, 0.29) is 17.9 Å². The normalized spacial score (nSPS) is 18.0. The molecule has 1 fully saturated rings. The Kier molecular flexibility index (Phi) is 4.81. The average Bonchev–Trinajstić information content (AvgIpc) is 3.20. The average molecular weight is 446 g/mol. The van der Waals surface area contributed by atoms with Crippen molar-refractivity contribution in [2.45, 2.75) is 45.4 Å². The molecule has 0 saturated carbocycles. The fourth-order valence-corrected chi connectivity index (χ4v) is 4.84. The molecule has 170 valence electrons. The van der Waals surface area contributed by atoms with Crippen molar-refractivity contribution in [1.29, 1.82) is 0 Å². The number of fused-ring (bicyclic) bond motifs is 5. The van der Waals surface area contributed by atoms with Crippen LogP contribution in [0.1, 0.15) is 54.0 Å². The lowest BCUT2D eigenvalue weighted by Gasteiger charge is -2.29. The van der Waals surface area contributed by atoms with E-state index in [1.165, 1.54) is 4.90 Å². The summed E-state index contributed by atoms with van der Waals surface area (Å²) in [5.74, 6) is -0.545. The lowest BCUT2D eigenvalue weighted by Crippen LogP contribution is -2.36. The van der Waals surface area contributed by atoms with Gasteiger partial charge in [0.25, 0.3) is 5.91 Å². The number of carbonyl (C=O) groups is 3. The summed E-state index contributed by atoms with van der Waals surface area (Å²) in [6.45, 7) is 6.59. The second-order valence-electron chi connectivity index (χ2n) is 9.69. The standard InChI is InChI=1S/C26H27N3O4/c1-26(2,3)33-24(31)17-11-9-16(10-12-17)15-29-20-8-6-5-7-18(20)19-13-14-28-22(21(19)29)23(30)27(4)25(28)32/h5-12,22H,13-15H2,1-4H3. The van der Waals surface area contributed by atoms with Gasteiger partial charge in [0.1, 0.15) is 5.60 Å². The van der Waals surface area contributed by atoms with Crippen molar-refractivity contribution in [3.8, 4) is 0 Å². The van der Waals surface area contributed by atoms with Crippen molar-refractivity contribution in [2.24, 2.45) is 0 Å². The van der Waals surface area contributed by atoms with E-state index in [1.807, 2.05) is 45.0 Å². The van der Waals surface area contributed by atoms with Gasteiger partial charge in [-0.1, -0.05) is 30.3 Å². The van der Waals surface area contributed by atoms with Crippen LogP contribution in [0.5, 0.6) is 0 Å². The van der Waals surface area contributed by atoms with Crippen LogP contribution in [0.3, 0.4) is 0 Å². The Labute approximate surface area is 192 Å². The van der Waals surface area contributed by atoms with Crippen molar-refractivity contribution in [3.05, 3.63) is 70.9 Å². The van der Waals surface area contributed by atoms with E-state index < -0.39 is 11.6 Å². The zero-order valence-electron chi connectivity index (χ0n) is 19.3. The van der Waals surface area contributed by atoms with Gasteiger partial charge in [-0.25, -0.2) is 9.59 Å². The molecule has 7 nitrogen and oxygen atoms in total. The predicted octanol–water partition coefficient (Wildman–Crippen LogP) is 4.14. The van der Waals surface area contributed by atoms with Gasteiger partial charge in [0, 0.05) is 31.0 Å². The number of nitrogens with zero attached hydrogens (tertiary/aromatic N) is 3. The Bertz CT molecular complexity index is 1280. The Hall–Kier alpha value is -3.61. The molecule has 1 aromatic heterocycles. The number of benzene rings is 2. The molecule has 3 heterocycles. The Morgan fingerprint density at radius 3 is 2.45 bits per heavy atom. The highest BCUT2D eigenvalue weighted by Crippen LogP contribution is 2.41. The van der Waals surface area contributed by atoms with Crippen LogP contribution in [0.2, 0.25) is 0 Å². The lowest BCUT2D eigenvalue weighted by atomic mass is 9.98. The number of hydrogen-bond donors (Lipinski definition) is 0. The molecule has 0 radical (unpaired) electrons. The minimum Gasteiger partial charge on any atom is -0.456 e. The van der Waals surface area contributed by atoms with E-state index >= 15 is 0 Å². The summed E-state index contributed by atoms with van der Waals surface area (Å²) in [5.41, 5.74) is 4.00. The Morgan fingerprint density at radius 1 is 1.06 bits per heavy atom. The van der Waals surface area contributed by atoms with Gasteiger partial charge in [0.2, 0.25) is 0 Å². The molecule has 0 aliphatic carbocycles. The van der Waals surface area contributed by atoms with Crippen molar-refractivity contribution < 1.29 is 19.1 Å². The SMILES string of the molecule is CN1C(=O)C2c3c(c4ccccc4n3Cc3ccc(C(=O)OC(C)(C)C)cc3)CCN2C1=O. The van der Waals surface area contributed by atoms with Gasteiger partial charge in [-0.3, -0.25) is 9.69 Å². The summed E-state index contributed by atoms with van der Waals surface area (Å²) < 4.78 is 7.60. The number of para-hydroxylation sites is 1. The third kappa shape index (κ3) is 3.48. The number of rotatable bonds is 3. The zero-order chi connectivity index (χ0) is 23.5. The number of amides is 3. The quantitative estimate of drug-likeness (QED) is 0.449. The maximum absolute atomic E-state index is 13.0. The number of hydrogen-bond acceptors (Lipinski definition) is 4. The molecule has 0 N–H and O–H groups in total. The van der Waals surface area contributed by atoms with Crippen molar-refractivity contribution in [1.82, 2.24) is 14.4 Å². The summed E-state index contributed by atoms with van der Waals surface area (Å²) >= 11 is 0. The highest BCUT2D eigenvalue weighted by atomic mass is 16.6. The molecule has 1 unspecified atom stereocenters. The van der Waals surface area contributed by atoms with E-state index in [0.29, 0.717) is 25.1 Å². The topological polar surface area (TPSA) is 71.9 Å². The molecule has 3 aromatic rings. The van der Waals surface area contributed by atoms with E-state index in [2.05, 4.69) is 16.7 Å². The monoisotopic (exact) mass is 445 g/mol. The van der Waals surface area contributed by atoms with E-state index in [4.69, 9.17) is 4.74 Å². The van der Waals surface area contributed by atoms with Gasteiger partial charge in [-0.05, 0) is 56.5 Å². The third-order valence-corrected chi connectivity index (χ3v) is 6.32. The van der Waals surface area contributed by atoms with Crippen LogP contribution >= 0.6 is 0 Å². The summed E-state index contributed by atoms with van der Waals surface area (Å²) in [5, 5.41) is 1.12. The summed E-state index contributed by atoms with van der Waals surface area (Å²) in [7, 11) is 1.55. The molecule has 0 spiro atoms. The summed E-state index contributed by atoms with van der Waals surface area (Å²) in [4.78, 5) is 40.9. The van der Waals surface area contributed by atoms with Gasteiger partial charge in [0.05, 0.1) is 11.3 Å². The number of carbonyl (C=O) groups excluding carboxylic acids is 3. The number of likely N-dealkylation sites (N-methyl/N-ethyl adjacent to an activating group) is 1. The minimum atomic E-state index is -0.598. The van der Waals surface area contributed by atoms with Gasteiger partial charge in [-0.15, -0.1) is 0 Å². The van der Waals surface area contributed by atoms with Gasteiger partial charge < -0.3 is 14.2 Å². The van der Waals surface area contributed by atoms with Crippen molar-refractivity contribution in [2.75, 3.05) is 13.6 Å². The lowest BCUT2D eigenvalue weighted by molar-refractivity contribution is -0.127. The smallest absolute Gasteiger partial charge is 0.338 e. The van der Waals surface area contributed by atoms with E-state index in [1.54, 1.807) is 24.1 Å². The van der Waals surface area contributed by atoms with Crippen molar-refractivity contribution >= 4 is 28.8 Å². The Morgan fingerprint density at radius 2 is 1.76 bits per heavy atom. The van der Waals surface area contributed by atoms with Gasteiger partial charge >= 0.3 is 12.0 Å². The van der Waals surface area contributed by atoms with E-state index in [0.717, 1.165) is 27.7 Å². The minimum absolute atomic E-state index is 0.190. The van der Waals surface area contributed by atoms with Crippen LogP contribution in [0, 0.1) is 0 Å². The summed E-state index contributed by atoms with van der Waals surface area (Å²) in [6.07, 6.45) is 0.712. The van der Waals surface area contributed by atoms with Gasteiger partial charge in [0.15, 0.2) is 6.04 Å². The second kappa shape index (κ2) is 7.47. The highest BCUT2D eigenvalue weighted by Gasteiger charge is 2.48. The van der Waals surface area contributed by atoms with Crippen LogP contribution in [-0.4, -0.2) is 51.5 Å². The largest absolute Gasteiger partial charge is 0.456 e. The molecule has 2 aromatic carbocycles. The first kappa shape index (κ1) is 21.2. The molecule has 33 heavy (non-hydrogen) atoms. The highest BCUT2D eigenvalue weighted by molar-refractivity contribution is 6.05. The first-order chi connectivity index (χ1) is 15.7. The number of urea groups is 1. The molecule has 1 atom stereocenters. The number of esters is 1. The van der Waals surface area contributed by atoms with E-state index in [9.17, 15) is 14.4 Å². The Balaban J connectivity index is 1.54. The molecule has 1 saturated heterocycles. The molecule has 3 amide bonds. The van der Waals surface area contributed by atoms with Crippen LogP contribution in [0.4, 0.5) is 4.79 Å². The van der Waals surface area contributed by atoms with Crippen LogP contribution in [-0.2, 0) is 22.5 Å². The maximum atomic E-state index is 13.0. The molecule has 5 rings (SSSR count). The number of ether oxygens (including phenoxy) is 1. The van der Waals surface area contributed by atoms with Crippen LogP contribution < -0.4 is 0 Å². The molecule has 2 aliphatic heterocycles. The first-order valence-electron chi connectivity index (χ1n) is 11.2. The predicted molar refractivity (Wildman–Crippen MR) is 124 cm³/mol. The fraction of sp³-hybridized carbons (Fsp3) is 0.346. The van der Waals surface area contributed by atoms with Crippen LogP contribution in [0.25, 0.3) is 10.9 Å². The molecule has 0 bridgehead atoms.